The first-order valence-corrected chi connectivity index (χ1v) is 12.4. The average Bonchev–Trinajstić information content (AvgIpc) is 3.52. The fourth-order valence-electron chi connectivity index (χ4n) is 4.89. The highest BCUT2D eigenvalue weighted by Gasteiger charge is 2.21. The average molecular weight is 471 g/mol. The summed E-state index contributed by atoms with van der Waals surface area (Å²) in [6.45, 7) is 9.75. The van der Waals surface area contributed by atoms with Crippen molar-refractivity contribution in [1.82, 2.24) is 28.9 Å². The molecule has 0 radical (unpaired) electrons. The summed E-state index contributed by atoms with van der Waals surface area (Å²) in [5.74, 6) is 0.786. The van der Waals surface area contributed by atoms with Crippen molar-refractivity contribution >= 4 is 0 Å². The number of aliphatic hydroxyl groups is 1. The molecule has 0 saturated carbocycles. The second-order valence-electron chi connectivity index (χ2n) is 9.41. The Kier molecular flexibility index (Phi) is 7.37. The van der Waals surface area contributed by atoms with Crippen LogP contribution in [0.25, 0.3) is 0 Å². The quantitative estimate of drug-likeness (QED) is 0.480. The number of fused-ring (bicyclic) bond motifs is 2. The minimum absolute atomic E-state index is 0.491. The Hall–Kier alpha value is -3.26. The molecule has 2 aromatic heterocycles. The third-order valence-electron chi connectivity index (χ3n) is 6.71. The summed E-state index contributed by atoms with van der Waals surface area (Å²) in [6, 6.07) is 21.2. The smallest absolute Gasteiger partial charge is 0.137 e. The summed E-state index contributed by atoms with van der Waals surface area (Å²) >= 11 is 0. The van der Waals surface area contributed by atoms with Gasteiger partial charge in [-0.1, -0.05) is 60.7 Å². The van der Waals surface area contributed by atoms with Gasteiger partial charge in [-0.3, -0.25) is 9.80 Å². The van der Waals surface area contributed by atoms with E-state index < -0.39 is 6.10 Å². The van der Waals surface area contributed by atoms with Crippen LogP contribution < -0.4 is 0 Å². The van der Waals surface area contributed by atoms with Crippen LogP contribution in [0.4, 0.5) is 0 Å². The van der Waals surface area contributed by atoms with E-state index in [1.165, 1.54) is 22.5 Å². The molecule has 182 valence electrons. The number of imidazole rings is 2. The summed E-state index contributed by atoms with van der Waals surface area (Å²) in [7, 11) is 0. The maximum atomic E-state index is 9.67. The zero-order valence-electron chi connectivity index (χ0n) is 20.4. The molecule has 4 aromatic rings. The van der Waals surface area contributed by atoms with Crippen LogP contribution in [0.5, 0.6) is 0 Å². The number of aromatic nitrogens is 4. The molecule has 1 atom stereocenters. The molecule has 1 unspecified atom stereocenters. The number of benzene rings is 2. The first-order valence-electron chi connectivity index (χ1n) is 12.4. The molecule has 2 aliphatic heterocycles. The standard InChI is InChI=1S/C15H19N3O.C13H15N3/c1-12(19)15-16-9-14-11-17(7-8-18(14)15)10-13-5-3-2-4-6-13;1-2-4-12(5-3-1)9-15-6-7-16-11-14-8-13(16)10-15/h2-6,9,12,19H,7-8,10-11H2,1H3;1-5,8,11H,6-7,9-10H2. The SMILES string of the molecule is CC(O)c1ncc2n1CCN(Cc1ccccc1)C2.c1ccc(CN2CCn3cncc3C2)cc1. The maximum Gasteiger partial charge on any atom is 0.137 e. The van der Waals surface area contributed by atoms with E-state index in [-0.39, 0.29) is 0 Å². The van der Waals surface area contributed by atoms with Crippen LogP contribution in [-0.4, -0.2) is 47.1 Å². The fourth-order valence-corrected chi connectivity index (χ4v) is 4.89. The molecule has 1 N–H and O–H groups in total. The van der Waals surface area contributed by atoms with Gasteiger partial charge >= 0.3 is 0 Å². The Morgan fingerprint density at radius 2 is 1.37 bits per heavy atom. The van der Waals surface area contributed by atoms with Gasteiger partial charge in [-0.05, 0) is 18.1 Å². The van der Waals surface area contributed by atoms with Crippen molar-refractivity contribution < 1.29 is 5.11 Å². The lowest BCUT2D eigenvalue weighted by molar-refractivity contribution is 0.168. The van der Waals surface area contributed by atoms with Crippen LogP contribution in [-0.2, 0) is 39.3 Å². The zero-order chi connectivity index (χ0) is 24.0. The van der Waals surface area contributed by atoms with Crippen molar-refractivity contribution in [1.29, 1.82) is 0 Å². The second-order valence-corrected chi connectivity index (χ2v) is 9.41. The van der Waals surface area contributed by atoms with E-state index in [4.69, 9.17) is 0 Å². The van der Waals surface area contributed by atoms with Crippen LogP contribution in [0.2, 0.25) is 0 Å². The molecule has 35 heavy (non-hydrogen) atoms. The third-order valence-corrected chi connectivity index (χ3v) is 6.71. The topological polar surface area (TPSA) is 62.4 Å². The highest BCUT2D eigenvalue weighted by Crippen LogP contribution is 2.20. The Morgan fingerprint density at radius 1 is 0.771 bits per heavy atom. The van der Waals surface area contributed by atoms with Crippen LogP contribution in [0.3, 0.4) is 0 Å². The van der Waals surface area contributed by atoms with Crippen LogP contribution in [0, 0.1) is 0 Å². The lowest BCUT2D eigenvalue weighted by atomic mass is 10.2. The molecular formula is C28H34N6O. The highest BCUT2D eigenvalue weighted by atomic mass is 16.3. The summed E-state index contributed by atoms with van der Waals surface area (Å²) < 4.78 is 4.38. The summed E-state index contributed by atoms with van der Waals surface area (Å²) in [6.07, 6.45) is 5.29. The van der Waals surface area contributed by atoms with Crippen molar-refractivity contribution in [3.8, 4) is 0 Å². The third kappa shape index (κ3) is 5.88. The minimum atomic E-state index is -0.491. The molecule has 6 rings (SSSR count). The Morgan fingerprint density at radius 3 is 2.00 bits per heavy atom. The van der Waals surface area contributed by atoms with Gasteiger partial charge in [0.2, 0.25) is 0 Å². The van der Waals surface area contributed by atoms with Crippen LogP contribution in [0.1, 0.15) is 41.4 Å². The molecule has 0 spiro atoms. The number of aliphatic hydroxyl groups excluding tert-OH is 1. The normalized spacial score (nSPS) is 16.6. The van der Waals surface area contributed by atoms with Gasteiger partial charge in [0.05, 0.1) is 17.7 Å². The van der Waals surface area contributed by atoms with Crippen LogP contribution >= 0.6 is 0 Å². The molecule has 0 amide bonds. The van der Waals surface area contributed by atoms with Crippen LogP contribution in [0.15, 0.2) is 79.4 Å². The van der Waals surface area contributed by atoms with E-state index in [0.29, 0.717) is 0 Å². The minimum Gasteiger partial charge on any atom is -0.385 e. The van der Waals surface area contributed by atoms with E-state index in [1.807, 2.05) is 24.8 Å². The van der Waals surface area contributed by atoms with E-state index in [1.54, 1.807) is 6.92 Å². The van der Waals surface area contributed by atoms with Crippen molar-refractivity contribution in [2.24, 2.45) is 0 Å². The predicted molar refractivity (Wildman–Crippen MR) is 136 cm³/mol. The van der Waals surface area contributed by atoms with Gasteiger partial charge in [0.15, 0.2) is 0 Å². The van der Waals surface area contributed by atoms with Crippen molar-refractivity contribution in [3.05, 3.63) is 108 Å². The first kappa shape index (κ1) is 23.5. The summed E-state index contributed by atoms with van der Waals surface area (Å²) in [4.78, 5) is 13.4. The van der Waals surface area contributed by atoms with Crippen molar-refractivity contribution in [2.45, 2.75) is 52.3 Å². The Bertz CT molecular complexity index is 1200. The largest absolute Gasteiger partial charge is 0.385 e. The Balaban J connectivity index is 0.000000147. The monoisotopic (exact) mass is 470 g/mol. The van der Waals surface area contributed by atoms with Gasteiger partial charge in [-0.2, -0.15) is 0 Å². The second kappa shape index (κ2) is 11.0. The summed E-state index contributed by atoms with van der Waals surface area (Å²) in [5.41, 5.74) is 5.24. The van der Waals surface area contributed by atoms with Gasteiger partial charge in [-0.15, -0.1) is 0 Å². The fraction of sp³-hybridized carbons (Fsp3) is 0.357. The Labute approximate surface area is 207 Å². The molecule has 2 aliphatic rings. The molecule has 0 saturated heterocycles. The van der Waals surface area contributed by atoms with E-state index in [0.717, 1.165) is 58.2 Å². The molecule has 0 bridgehead atoms. The van der Waals surface area contributed by atoms with Gasteiger partial charge in [0, 0.05) is 64.8 Å². The van der Waals surface area contributed by atoms with Crippen molar-refractivity contribution in [2.75, 3.05) is 13.1 Å². The first-order chi connectivity index (χ1) is 17.2. The molecule has 0 aliphatic carbocycles. The molecular weight excluding hydrogens is 436 g/mol. The maximum absolute atomic E-state index is 9.67. The molecule has 0 fully saturated rings. The summed E-state index contributed by atoms with van der Waals surface area (Å²) in [5, 5.41) is 9.67. The van der Waals surface area contributed by atoms with Crippen molar-refractivity contribution in [3.63, 3.8) is 0 Å². The molecule has 2 aromatic carbocycles. The number of hydrogen-bond donors (Lipinski definition) is 1. The van der Waals surface area contributed by atoms with Gasteiger partial charge < -0.3 is 14.2 Å². The van der Waals surface area contributed by atoms with Gasteiger partial charge in [0.1, 0.15) is 11.9 Å². The van der Waals surface area contributed by atoms with Gasteiger partial charge in [0.25, 0.3) is 0 Å². The van der Waals surface area contributed by atoms with E-state index in [9.17, 15) is 5.11 Å². The van der Waals surface area contributed by atoms with Gasteiger partial charge in [-0.25, -0.2) is 9.97 Å². The highest BCUT2D eigenvalue weighted by molar-refractivity contribution is 5.16. The van der Waals surface area contributed by atoms with E-state index in [2.05, 4.69) is 83.5 Å². The number of rotatable bonds is 5. The predicted octanol–water partition coefficient (Wildman–Crippen LogP) is 3.85. The number of nitrogens with zero attached hydrogens (tertiary/aromatic N) is 6. The molecule has 7 nitrogen and oxygen atoms in total. The molecule has 7 heteroatoms. The molecule has 4 heterocycles. The number of hydrogen-bond acceptors (Lipinski definition) is 5. The zero-order valence-corrected chi connectivity index (χ0v) is 20.4. The lowest BCUT2D eigenvalue weighted by Gasteiger charge is -2.29. The lowest BCUT2D eigenvalue weighted by Crippen LogP contribution is -2.33. The van der Waals surface area contributed by atoms with E-state index >= 15 is 0 Å².